The molecule has 0 N–H and O–H groups in total. The maximum atomic E-state index is 12.8. The van der Waals surface area contributed by atoms with Crippen molar-refractivity contribution in [2.75, 3.05) is 25.6 Å². The standard InChI is InChI=1S/C13H22ClN3O3S/c1-10-13(11(2)16(3)15-10)21(18,19)17-7-4-12(5-8-17)20-9-6-14/h12H,4-9H2,1-3H3. The van der Waals surface area contributed by atoms with Gasteiger partial charge in [-0.25, -0.2) is 8.42 Å². The molecule has 0 radical (unpaired) electrons. The SMILES string of the molecule is Cc1nn(C)c(C)c1S(=O)(=O)N1CCC(OCCCl)CC1. The van der Waals surface area contributed by atoms with Gasteiger partial charge in [0.1, 0.15) is 4.90 Å². The molecule has 0 atom stereocenters. The summed E-state index contributed by atoms with van der Waals surface area (Å²) < 4.78 is 34.3. The topological polar surface area (TPSA) is 64.4 Å². The molecule has 0 aromatic carbocycles. The number of aryl methyl sites for hydroxylation is 2. The molecule has 1 aromatic rings. The van der Waals surface area contributed by atoms with Gasteiger partial charge in [-0.05, 0) is 26.7 Å². The molecule has 0 aliphatic carbocycles. The monoisotopic (exact) mass is 335 g/mol. The quantitative estimate of drug-likeness (QED) is 0.764. The molecule has 0 bridgehead atoms. The highest BCUT2D eigenvalue weighted by atomic mass is 35.5. The van der Waals surface area contributed by atoms with Crippen LogP contribution in [-0.4, -0.2) is 54.2 Å². The van der Waals surface area contributed by atoms with E-state index in [9.17, 15) is 8.42 Å². The average Bonchev–Trinajstić information content (AvgIpc) is 2.70. The summed E-state index contributed by atoms with van der Waals surface area (Å²) in [6.45, 7) is 4.98. The Balaban J connectivity index is 2.12. The van der Waals surface area contributed by atoms with Crippen LogP contribution in [-0.2, 0) is 21.8 Å². The zero-order chi connectivity index (χ0) is 15.6. The fourth-order valence-corrected chi connectivity index (χ4v) is 4.67. The molecule has 1 aliphatic heterocycles. The summed E-state index contributed by atoms with van der Waals surface area (Å²) in [6, 6.07) is 0. The van der Waals surface area contributed by atoms with Crippen molar-refractivity contribution in [2.24, 2.45) is 7.05 Å². The van der Waals surface area contributed by atoms with Gasteiger partial charge in [0.15, 0.2) is 0 Å². The molecule has 0 spiro atoms. The number of aromatic nitrogens is 2. The van der Waals surface area contributed by atoms with E-state index in [0.717, 1.165) is 0 Å². The highest BCUT2D eigenvalue weighted by Gasteiger charge is 2.33. The van der Waals surface area contributed by atoms with E-state index in [1.807, 2.05) is 0 Å². The molecule has 0 unspecified atom stereocenters. The van der Waals surface area contributed by atoms with Crippen LogP contribution in [0.4, 0.5) is 0 Å². The van der Waals surface area contributed by atoms with Crippen molar-refractivity contribution < 1.29 is 13.2 Å². The minimum Gasteiger partial charge on any atom is -0.377 e. The largest absolute Gasteiger partial charge is 0.377 e. The van der Waals surface area contributed by atoms with Crippen LogP contribution < -0.4 is 0 Å². The Morgan fingerprint density at radius 2 is 1.95 bits per heavy atom. The number of alkyl halides is 1. The summed E-state index contributed by atoms with van der Waals surface area (Å²) in [7, 11) is -1.72. The number of piperidine rings is 1. The van der Waals surface area contributed by atoms with Crippen LogP contribution in [0.25, 0.3) is 0 Å². The van der Waals surface area contributed by atoms with Crippen molar-refractivity contribution in [3.05, 3.63) is 11.4 Å². The molecule has 0 amide bonds. The third-order valence-corrected chi connectivity index (χ3v) is 6.18. The van der Waals surface area contributed by atoms with E-state index in [1.165, 1.54) is 4.31 Å². The van der Waals surface area contributed by atoms with E-state index in [2.05, 4.69) is 5.10 Å². The van der Waals surface area contributed by atoms with Gasteiger partial charge in [-0.1, -0.05) is 0 Å². The lowest BCUT2D eigenvalue weighted by molar-refractivity contribution is 0.0301. The second-order valence-corrected chi connectivity index (χ2v) is 7.54. The molecule has 8 heteroatoms. The summed E-state index contributed by atoms with van der Waals surface area (Å²) in [5.74, 6) is 0.465. The van der Waals surface area contributed by atoms with Crippen LogP contribution in [0.1, 0.15) is 24.2 Å². The predicted molar refractivity (Wildman–Crippen MR) is 81.1 cm³/mol. The third-order valence-electron chi connectivity index (χ3n) is 3.87. The lowest BCUT2D eigenvalue weighted by Gasteiger charge is -2.31. The Morgan fingerprint density at radius 1 is 1.33 bits per heavy atom. The van der Waals surface area contributed by atoms with Gasteiger partial charge >= 0.3 is 0 Å². The number of ether oxygens (including phenoxy) is 1. The van der Waals surface area contributed by atoms with Gasteiger partial charge in [0.05, 0.1) is 24.1 Å². The van der Waals surface area contributed by atoms with Crippen molar-refractivity contribution in [2.45, 2.75) is 37.7 Å². The van der Waals surface area contributed by atoms with Crippen molar-refractivity contribution in [3.8, 4) is 0 Å². The lowest BCUT2D eigenvalue weighted by atomic mass is 10.1. The van der Waals surface area contributed by atoms with Gasteiger partial charge in [0, 0.05) is 26.0 Å². The Kier molecular flexibility index (Phi) is 5.29. The number of hydrogen-bond acceptors (Lipinski definition) is 4. The van der Waals surface area contributed by atoms with Crippen molar-refractivity contribution in [1.29, 1.82) is 0 Å². The Bertz CT molecular complexity index is 592. The molecule has 21 heavy (non-hydrogen) atoms. The number of nitrogens with zero attached hydrogens (tertiary/aromatic N) is 3. The van der Waals surface area contributed by atoms with Gasteiger partial charge in [0.2, 0.25) is 10.0 Å². The van der Waals surface area contributed by atoms with Crippen molar-refractivity contribution >= 4 is 21.6 Å². The van der Waals surface area contributed by atoms with E-state index < -0.39 is 10.0 Å². The summed E-state index contributed by atoms with van der Waals surface area (Å²) in [5.41, 5.74) is 1.23. The highest BCUT2D eigenvalue weighted by Crippen LogP contribution is 2.26. The summed E-state index contributed by atoms with van der Waals surface area (Å²) in [5, 5.41) is 4.20. The molecule has 6 nitrogen and oxygen atoms in total. The number of rotatable bonds is 5. The van der Waals surface area contributed by atoms with E-state index in [-0.39, 0.29) is 6.10 Å². The number of sulfonamides is 1. The van der Waals surface area contributed by atoms with Gasteiger partial charge in [-0.2, -0.15) is 9.40 Å². The van der Waals surface area contributed by atoms with Crippen LogP contribution in [0.3, 0.4) is 0 Å². The van der Waals surface area contributed by atoms with Gasteiger partial charge in [-0.3, -0.25) is 4.68 Å². The minimum absolute atomic E-state index is 0.103. The van der Waals surface area contributed by atoms with E-state index in [4.69, 9.17) is 16.3 Å². The summed E-state index contributed by atoms with van der Waals surface area (Å²) >= 11 is 5.60. The second-order valence-electron chi connectivity index (χ2n) is 5.29. The van der Waals surface area contributed by atoms with Crippen LogP contribution in [0.15, 0.2) is 4.90 Å². The maximum Gasteiger partial charge on any atom is 0.246 e. The average molecular weight is 336 g/mol. The highest BCUT2D eigenvalue weighted by molar-refractivity contribution is 7.89. The zero-order valence-electron chi connectivity index (χ0n) is 12.7. The molecule has 1 aliphatic rings. The summed E-state index contributed by atoms with van der Waals surface area (Å²) in [6.07, 6.45) is 1.51. The molecular weight excluding hydrogens is 314 g/mol. The maximum absolute atomic E-state index is 12.8. The van der Waals surface area contributed by atoms with Crippen molar-refractivity contribution in [1.82, 2.24) is 14.1 Å². The molecule has 0 saturated carbocycles. The first kappa shape index (κ1) is 16.7. The first-order valence-electron chi connectivity index (χ1n) is 7.06. The number of halogens is 1. The van der Waals surface area contributed by atoms with Gasteiger partial charge in [-0.15, -0.1) is 11.6 Å². The molecule has 2 rings (SSSR count). The van der Waals surface area contributed by atoms with Crippen LogP contribution >= 0.6 is 11.6 Å². The smallest absolute Gasteiger partial charge is 0.246 e. The van der Waals surface area contributed by atoms with Crippen LogP contribution in [0, 0.1) is 13.8 Å². The molecule has 1 saturated heterocycles. The fourth-order valence-electron chi connectivity index (χ4n) is 2.71. The van der Waals surface area contributed by atoms with E-state index in [1.54, 1.807) is 25.6 Å². The molecule has 120 valence electrons. The first-order chi connectivity index (χ1) is 9.87. The normalized spacial score (nSPS) is 18.3. The van der Waals surface area contributed by atoms with Crippen LogP contribution in [0.5, 0.6) is 0 Å². The third kappa shape index (κ3) is 3.41. The minimum atomic E-state index is -3.48. The zero-order valence-corrected chi connectivity index (χ0v) is 14.2. The van der Waals surface area contributed by atoms with Crippen LogP contribution in [0.2, 0.25) is 0 Å². The molecule has 1 aromatic heterocycles. The number of hydrogen-bond donors (Lipinski definition) is 0. The predicted octanol–water partition coefficient (Wildman–Crippen LogP) is 1.45. The summed E-state index contributed by atoms with van der Waals surface area (Å²) in [4.78, 5) is 0.338. The Morgan fingerprint density at radius 3 is 2.43 bits per heavy atom. The Labute approximate surface area is 131 Å². The molecular formula is C13H22ClN3O3S. The van der Waals surface area contributed by atoms with E-state index in [0.29, 0.717) is 54.7 Å². The lowest BCUT2D eigenvalue weighted by Crippen LogP contribution is -2.41. The molecule has 1 fully saturated rings. The fraction of sp³-hybridized carbons (Fsp3) is 0.769. The first-order valence-corrected chi connectivity index (χ1v) is 9.03. The van der Waals surface area contributed by atoms with Crippen molar-refractivity contribution in [3.63, 3.8) is 0 Å². The van der Waals surface area contributed by atoms with Gasteiger partial charge < -0.3 is 4.74 Å². The second kappa shape index (κ2) is 6.64. The van der Waals surface area contributed by atoms with E-state index >= 15 is 0 Å². The Hall–Kier alpha value is -0.630. The van der Waals surface area contributed by atoms with Gasteiger partial charge in [0.25, 0.3) is 0 Å². The molecule has 2 heterocycles.